The van der Waals surface area contributed by atoms with E-state index in [9.17, 15) is 4.39 Å². The summed E-state index contributed by atoms with van der Waals surface area (Å²) >= 11 is 5.07. The van der Waals surface area contributed by atoms with Crippen LogP contribution in [-0.4, -0.2) is 4.98 Å². The summed E-state index contributed by atoms with van der Waals surface area (Å²) in [7, 11) is 0. The Balaban J connectivity index is 2.07. The standard InChI is InChI=1S/C17H13BrFNS/c1-10-6-7-13(9-15(10)19)17-20-16(11(2)21-17)12-4-3-5-14(18)8-12/h3-9H,1-2H3. The molecule has 21 heavy (non-hydrogen) atoms. The van der Waals surface area contributed by atoms with Gasteiger partial charge in [-0.2, -0.15) is 0 Å². The van der Waals surface area contributed by atoms with Gasteiger partial charge in [0.1, 0.15) is 10.8 Å². The Morgan fingerprint density at radius 3 is 2.57 bits per heavy atom. The fourth-order valence-electron chi connectivity index (χ4n) is 2.15. The van der Waals surface area contributed by atoms with E-state index in [1.54, 1.807) is 30.4 Å². The molecule has 0 radical (unpaired) electrons. The second kappa shape index (κ2) is 5.70. The van der Waals surface area contributed by atoms with Crippen LogP contribution < -0.4 is 0 Å². The molecule has 0 N–H and O–H groups in total. The summed E-state index contributed by atoms with van der Waals surface area (Å²) in [5.74, 6) is -0.190. The molecule has 0 amide bonds. The van der Waals surface area contributed by atoms with Crippen molar-refractivity contribution in [2.24, 2.45) is 0 Å². The number of hydrogen-bond donors (Lipinski definition) is 0. The van der Waals surface area contributed by atoms with Crippen LogP contribution >= 0.6 is 27.3 Å². The summed E-state index contributed by atoms with van der Waals surface area (Å²) in [5.41, 5.74) is 3.50. The maximum atomic E-state index is 13.7. The molecule has 3 aromatic rings. The topological polar surface area (TPSA) is 12.9 Å². The minimum absolute atomic E-state index is 0.190. The number of benzene rings is 2. The quantitative estimate of drug-likeness (QED) is 0.545. The van der Waals surface area contributed by atoms with Crippen molar-refractivity contribution in [1.29, 1.82) is 0 Å². The summed E-state index contributed by atoms with van der Waals surface area (Å²) in [6, 6.07) is 13.3. The summed E-state index contributed by atoms with van der Waals surface area (Å²) in [5, 5.41) is 0.848. The second-order valence-electron chi connectivity index (χ2n) is 4.90. The lowest BCUT2D eigenvalue weighted by Crippen LogP contribution is -1.85. The van der Waals surface area contributed by atoms with Gasteiger partial charge < -0.3 is 0 Å². The van der Waals surface area contributed by atoms with E-state index in [4.69, 9.17) is 4.98 Å². The predicted molar refractivity (Wildman–Crippen MR) is 90.1 cm³/mol. The number of hydrogen-bond acceptors (Lipinski definition) is 2. The van der Waals surface area contributed by atoms with Crippen LogP contribution in [0.3, 0.4) is 0 Å². The molecule has 4 heteroatoms. The zero-order valence-electron chi connectivity index (χ0n) is 11.7. The van der Waals surface area contributed by atoms with E-state index in [1.165, 1.54) is 0 Å². The van der Waals surface area contributed by atoms with Gasteiger partial charge in [-0.15, -0.1) is 11.3 Å². The third-order valence-electron chi connectivity index (χ3n) is 3.31. The van der Waals surface area contributed by atoms with Crippen LogP contribution in [0.4, 0.5) is 4.39 Å². The SMILES string of the molecule is Cc1ccc(-c2nc(-c3cccc(Br)c3)c(C)s2)cc1F. The Kier molecular flexibility index (Phi) is 3.91. The van der Waals surface area contributed by atoms with Crippen LogP contribution in [0.15, 0.2) is 46.9 Å². The molecule has 0 bridgehead atoms. The highest BCUT2D eigenvalue weighted by Crippen LogP contribution is 2.34. The van der Waals surface area contributed by atoms with E-state index in [1.807, 2.05) is 37.3 Å². The van der Waals surface area contributed by atoms with Gasteiger partial charge in [0, 0.05) is 20.5 Å². The highest BCUT2D eigenvalue weighted by molar-refractivity contribution is 9.10. The average molecular weight is 362 g/mol. The molecule has 1 aromatic heterocycles. The van der Waals surface area contributed by atoms with E-state index < -0.39 is 0 Å². The molecule has 0 atom stereocenters. The van der Waals surface area contributed by atoms with Crippen molar-refractivity contribution in [3.05, 3.63) is 63.2 Å². The van der Waals surface area contributed by atoms with E-state index in [-0.39, 0.29) is 5.82 Å². The first-order valence-corrected chi connectivity index (χ1v) is 8.15. The summed E-state index contributed by atoms with van der Waals surface area (Å²) in [6.07, 6.45) is 0. The molecule has 2 aromatic carbocycles. The molecular formula is C17H13BrFNS. The van der Waals surface area contributed by atoms with Gasteiger partial charge in [0.15, 0.2) is 0 Å². The molecule has 0 unspecified atom stereocenters. The van der Waals surface area contributed by atoms with Crippen LogP contribution in [0.25, 0.3) is 21.8 Å². The van der Waals surface area contributed by atoms with Gasteiger partial charge in [0.25, 0.3) is 0 Å². The Bertz CT molecular complexity index is 810. The number of thiazole rings is 1. The van der Waals surface area contributed by atoms with Crippen molar-refractivity contribution in [2.45, 2.75) is 13.8 Å². The minimum Gasteiger partial charge on any atom is -0.236 e. The van der Waals surface area contributed by atoms with Crippen LogP contribution in [0.1, 0.15) is 10.4 Å². The van der Waals surface area contributed by atoms with Gasteiger partial charge in [0.05, 0.1) is 5.69 Å². The summed E-state index contributed by atoms with van der Waals surface area (Å²) < 4.78 is 14.7. The highest BCUT2D eigenvalue weighted by atomic mass is 79.9. The van der Waals surface area contributed by atoms with Crippen molar-refractivity contribution < 1.29 is 4.39 Å². The van der Waals surface area contributed by atoms with Gasteiger partial charge in [-0.3, -0.25) is 0 Å². The van der Waals surface area contributed by atoms with Gasteiger partial charge in [-0.25, -0.2) is 9.37 Å². The van der Waals surface area contributed by atoms with Crippen molar-refractivity contribution in [1.82, 2.24) is 4.98 Å². The Labute approximate surface area is 135 Å². The third-order valence-corrected chi connectivity index (χ3v) is 4.83. The number of rotatable bonds is 2. The zero-order chi connectivity index (χ0) is 15.0. The molecule has 0 fully saturated rings. The average Bonchev–Trinajstić information content (AvgIpc) is 2.84. The number of aromatic nitrogens is 1. The third kappa shape index (κ3) is 2.92. The Hall–Kier alpha value is -1.52. The normalized spacial score (nSPS) is 10.9. The first kappa shape index (κ1) is 14.4. The van der Waals surface area contributed by atoms with Crippen LogP contribution in [-0.2, 0) is 0 Å². The first-order valence-electron chi connectivity index (χ1n) is 6.54. The number of aryl methyl sites for hydroxylation is 2. The van der Waals surface area contributed by atoms with Crippen molar-refractivity contribution >= 4 is 27.3 Å². The molecule has 1 nitrogen and oxygen atoms in total. The van der Waals surface area contributed by atoms with E-state index in [2.05, 4.69) is 15.9 Å². The molecule has 0 spiro atoms. The van der Waals surface area contributed by atoms with Crippen molar-refractivity contribution in [3.8, 4) is 21.8 Å². The highest BCUT2D eigenvalue weighted by Gasteiger charge is 2.12. The Morgan fingerprint density at radius 2 is 1.86 bits per heavy atom. The molecule has 106 valence electrons. The van der Waals surface area contributed by atoms with Gasteiger partial charge >= 0.3 is 0 Å². The number of halogens is 2. The van der Waals surface area contributed by atoms with Crippen LogP contribution in [0, 0.1) is 19.7 Å². The summed E-state index contributed by atoms with van der Waals surface area (Å²) in [6.45, 7) is 3.81. The smallest absolute Gasteiger partial charge is 0.126 e. The van der Waals surface area contributed by atoms with Crippen LogP contribution in [0.2, 0.25) is 0 Å². The van der Waals surface area contributed by atoms with Crippen LogP contribution in [0.5, 0.6) is 0 Å². The zero-order valence-corrected chi connectivity index (χ0v) is 14.1. The van der Waals surface area contributed by atoms with E-state index in [0.29, 0.717) is 5.56 Å². The van der Waals surface area contributed by atoms with E-state index in [0.717, 1.165) is 31.2 Å². The molecule has 0 aliphatic heterocycles. The molecule has 0 saturated heterocycles. The maximum absolute atomic E-state index is 13.7. The number of nitrogens with zero attached hydrogens (tertiary/aromatic N) is 1. The van der Waals surface area contributed by atoms with Crippen molar-refractivity contribution in [2.75, 3.05) is 0 Å². The maximum Gasteiger partial charge on any atom is 0.126 e. The van der Waals surface area contributed by atoms with Gasteiger partial charge in [0.2, 0.25) is 0 Å². The first-order chi connectivity index (χ1) is 10.0. The molecular weight excluding hydrogens is 349 g/mol. The second-order valence-corrected chi connectivity index (χ2v) is 7.02. The fraction of sp³-hybridized carbons (Fsp3) is 0.118. The molecule has 0 aliphatic rings. The largest absolute Gasteiger partial charge is 0.236 e. The lowest BCUT2D eigenvalue weighted by atomic mass is 10.1. The molecule has 1 heterocycles. The Morgan fingerprint density at radius 1 is 1.05 bits per heavy atom. The van der Waals surface area contributed by atoms with E-state index >= 15 is 0 Å². The lowest BCUT2D eigenvalue weighted by Gasteiger charge is -2.00. The van der Waals surface area contributed by atoms with Gasteiger partial charge in [-0.1, -0.05) is 40.2 Å². The molecule has 3 rings (SSSR count). The molecule has 0 aliphatic carbocycles. The lowest BCUT2D eigenvalue weighted by molar-refractivity contribution is 0.619. The summed E-state index contributed by atoms with van der Waals surface area (Å²) in [4.78, 5) is 5.82. The minimum atomic E-state index is -0.190. The molecule has 0 saturated carbocycles. The van der Waals surface area contributed by atoms with Gasteiger partial charge in [-0.05, 0) is 37.6 Å². The fourth-order valence-corrected chi connectivity index (χ4v) is 3.48. The van der Waals surface area contributed by atoms with Crippen molar-refractivity contribution in [3.63, 3.8) is 0 Å². The predicted octanol–water partition coefficient (Wildman–Crippen LogP) is 6.00. The monoisotopic (exact) mass is 361 g/mol.